The van der Waals surface area contributed by atoms with Crippen LogP contribution in [0.1, 0.15) is 23.7 Å². The monoisotopic (exact) mass is 190 g/mol. The summed E-state index contributed by atoms with van der Waals surface area (Å²) in [6.07, 6.45) is 1.09. The largest absolute Gasteiger partial charge is 0.399 e. The van der Waals surface area contributed by atoms with E-state index in [-0.39, 0.29) is 5.91 Å². The molecule has 1 amide bonds. The lowest BCUT2D eigenvalue weighted by Crippen LogP contribution is -2.26. The summed E-state index contributed by atoms with van der Waals surface area (Å²) in [7, 11) is 0. The Morgan fingerprint density at radius 3 is 2.86 bits per heavy atom. The molecule has 3 N–H and O–H groups in total. The van der Waals surface area contributed by atoms with E-state index in [9.17, 15) is 4.79 Å². The van der Waals surface area contributed by atoms with Crippen LogP contribution in [0.4, 0.5) is 5.69 Å². The second-order valence-corrected chi connectivity index (χ2v) is 3.92. The van der Waals surface area contributed by atoms with Gasteiger partial charge in [-0.1, -0.05) is 13.0 Å². The fourth-order valence-electron chi connectivity index (χ4n) is 1.45. The summed E-state index contributed by atoms with van der Waals surface area (Å²) < 4.78 is 0. The number of nitrogens with two attached hydrogens (primary N) is 1. The maximum Gasteiger partial charge on any atom is 0.251 e. The lowest BCUT2D eigenvalue weighted by Gasteiger charge is -2.03. The number of carbonyl (C=O) groups excluding carboxylic acids is 1. The van der Waals surface area contributed by atoms with Gasteiger partial charge in [0.15, 0.2) is 0 Å². The number of amides is 1. The molecule has 0 radical (unpaired) electrons. The minimum Gasteiger partial charge on any atom is -0.399 e. The van der Waals surface area contributed by atoms with Crippen molar-refractivity contribution in [3.05, 3.63) is 29.8 Å². The van der Waals surface area contributed by atoms with Crippen molar-refractivity contribution in [1.29, 1.82) is 0 Å². The first kappa shape index (κ1) is 9.06. The number of nitrogen functional groups attached to an aromatic ring is 1. The number of hydrogen-bond acceptors (Lipinski definition) is 2. The van der Waals surface area contributed by atoms with Crippen LogP contribution in [-0.2, 0) is 0 Å². The van der Waals surface area contributed by atoms with E-state index in [1.165, 1.54) is 0 Å². The minimum absolute atomic E-state index is 0.0216. The summed E-state index contributed by atoms with van der Waals surface area (Å²) in [6, 6.07) is 7.40. The topological polar surface area (TPSA) is 55.1 Å². The first-order chi connectivity index (χ1) is 6.66. The van der Waals surface area contributed by atoms with Gasteiger partial charge in [-0.15, -0.1) is 0 Å². The molecule has 0 bridgehead atoms. The highest BCUT2D eigenvalue weighted by atomic mass is 16.1. The zero-order valence-corrected chi connectivity index (χ0v) is 8.16. The van der Waals surface area contributed by atoms with Gasteiger partial charge in [0, 0.05) is 17.3 Å². The van der Waals surface area contributed by atoms with E-state index < -0.39 is 0 Å². The summed E-state index contributed by atoms with van der Waals surface area (Å²) in [4.78, 5) is 11.6. The summed E-state index contributed by atoms with van der Waals surface area (Å²) in [5.41, 5.74) is 6.86. The van der Waals surface area contributed by atoms with Crippen molar-refractivity contribution in [1.82, 2.24) is 5.32 Å². The second kappa shape index (κ2) is 3.33. The molecule has 3 heteroatoms. The maximum atomic E-state index is 11.6. The van der Waals surface area contributed by atoms with Crippen LogP contribution in [0.15, 0.2) is 24.3 Å². The second-order valence-electron chi connectivity index (χ2n) is 3.92. The zero-order chi connectivity index (χ0) is 10.1. The summed E-state index contributed by atoms with van der Waals surface area (Å²) >= 11 is 0. The highest BCUT2D eigenvalue weighted by Gasteiger charge is 2.33. The molecule has 3 nitrogen and oxygen atoms in total. The maximum absolute atomic E-state index is 11.6. The van der Waals surface area contributed by atoms with E-state index in [0.717, 1.165) is 6.42 Å². The third-order valence-electron chi connectivity index (χ3n) is 2.57. The van der Waals surface area contributed by atoms with Crippen LogP contribution in [-0.4, -0.2) is 11.9 Å². The van der Waals surface area contributed by atoms with Gasteiger partial charge in [-0.05, 0) is 30.5 Å². The molecule has 0 heterocycles. The molecule has 0 saturated heterocycles. The molecule has 1 aliphatic carbocycles. The van der Waals surface area contributed by atoms with Crippen molar-refractivity contribution in [2.24, 2.45) is 5.92 Å². The smallest absolute Gasteiger partial charge is 0.251 e. The van der Waals surface area contributed by atoms with Gasteiger partial charge in [0.05, 0.1) is 0 Å². The highest BCUT2D eigenvalue weighted by molar-refractivity contribution is 5.95. The summed E-state index contributed by atoms with van der Waals surface area (Å²) in [5, 5.41) is 2.95. The summed E-state index contributed by atoms with van der Waals surface area (Å²) in [5.74, 6) is 0.603. The molecule has 74 valence electrons. The molecule has 1 saturated carbocycles. The Kier molecular flexibility index (Phi) is 2.15. The minimum atomic E-state index is -0.0216. The Hall–Kier alpha value is -1.51. The van der Waals surface area contributed by atoms with Crippen molar-refractivity contribution in [3.63, 3.8) is 0 Å². The van der Waals surface area contributed by atoms with Crippen molar-refractivity contribution < 1.29 is 4.79 Å². The van der Waals surface area contributed by atoms with Crippen LogP contribution in [0.2, 0.25) is 0 Å². The van der Waals surface area contributed by atoms with E-state index in [1.54, 1.807) is 24.3 Å². The third-order valence-corrected chi connectivity index (χ3v) is 2.57. The Labute approximate surface area is 83.3 Å². The Morgan fingerprint density at radius 2 is 2.29 bits per heavy atom. The molecular weight excluding hydrogens is 176 g/mol. The molecule has 1 fully saturated rings. The van der Waals surface area contributed by atoms with Crippen LogP contribution >= 0.6 is 0 Å². The normalized spacial score (nSPS) is 24.4. The number of anilines is 1. The van der Waals surface area contributed by atoms with Crippen molar-refractivity contribution in [2.45, 2.75) is 19.4 Å². The number of rotatable bonds is 2. The number of carbonyl (C=O) groups is 1. The fourth-order valence-corrected chi connectivity index (χ4v) is 1.45. The van der Waals surface area contributed by atoms with Crippen molar-refractivity contribution in [3.8, 4) is 0 Å². The Bertz CT molecular complexity index is 362. The van der Waals surface area contributed by atoms with Gasteiger partial charge < -0.3 is 11.1 Å². The predicted molar refractivity (Wildman–Crippen MR) is 55.9 cm³/mol. The van der Waals surface area contributed by atoms with Crippen LogP contribution in [0.5, 0.6) is 0 Å². The van der Waals surface area contributed by atoms with E-state index in [1.807, 2.05) is 0 Å². The molecule has 2 atom stereocenters. The van der Waals surface area contributed by atoms with Gasteiger partial charge in [-0.2, -0.15) is 0 Å². The third kappa shape index (κ3) is 1.87. The van der Waals surface area contributed by atoms with Crippen molar-refractivity contribution in [2.75, 3.05) is 5.73 Å². The quantitative estimate of drug-likeness (QED) is 0.693. The lowest BCUT2D eigenvalue weighted by atomic mass is 10.2. The van der Waals surface area contributed by atoms with Crippen LogP contribution in [0, 0.1) is 5.92 Å². The van der Waals surface area contributed by atoms with E-state index in [4.69, 9.17) is 5.73 Å². The number of hydrogen-bond donors (Lipinski definition) is 2. The van der Waals surface area contributed by atoms with Gasteiger partial charge in [0.2, 0.25) is 0 Å². The molecule has 2 unspecified atom stereocenters. The molecule has 0 aliphatic heterocycles. The molecule has 2 rings (SSSR count). The Balaban J connectivity index is 2.03. The Morgan fingerprint density at radius 1 is 1.57 bits per heavy atom. The fraction of sp³-hybridized carbons (Fsp3) is 0.364. The molecule has 0 spiro atoms. The van der Waals surface area contributed by atoms with E-state index in [2.05, 4.69) is 12.2 Å². The standard InChI is InChI=1S/C11H14N2O/c1-7-5-10(7)13-11(14)8-3-2-4-9(12)6-8/h2-4,6-7,10H,5,12H2,1H3,(H,13,14). The zero-order valence-electron chi connectivity index (χ0n) is 8.16. The van der Waals surface area contributed by atoms with Gasteiger partial charge >= 0.3 is 0 Å². The number of nitrogens with one attached hydrogen (secondary N) is 1. The van der Waals surface area contributed by atoms with Gasteiger partial charge in [0.25, 0.3) is 5.91 Å². The van der Waals surface area contributed by atoms with Crippen LogP contribution < -0.4 is 11.1 Å². The average Bonchev–Trinajstić information content (AvgIpc) is 2.81. The number of benzene rings is 1. The molecule has 1 aromatic rings. The SMILES string of the molecule is CC1CC1NC(=O)c1cccc(N)c1. The van der Waals surface area contributed by atoms with Crippen LogP contribution in [0.3, 0.4) is 0 Å². The first-order valence-corrected chi connectivity index (χ1v) is 4.83. The van der Waals surface area contributed by atoms with E-state index in [0.29, 0.717) is 23.2 Å². The lowest BCUT2D eigenvalue weighted by molar-refractivity contribution is 0.0949. The molecular formula is C11H14N2O. The predicted octanol–water partition coefficient (Wildman–Crippen LogP) is 1.41. The van der Waals surface area contributed by atoms with Gasteiger partial charge in [-0.25, -0.2) is 0 Å². The summed E-state index contributed by atoms with van der Waals surface area (Å²) in [6.45, 7) is 2.13. The first-order valence-electron chi connectivity index (χ1n) is 4.83. The molecule has 1 aromatic carbocycles. The van der Waals surface area contributed by atoms with E-state index >= 15 is 0 Å². The van der Waals surface area contributed by atoms with Crippen LogP contribution in [0.25, 0.3) is 0 Å². The van der Waals surface area contributed by atoms with Crippen molar-refractivity contribution >= 4 is 11.6 Å². The highest BCUT2D eigenvalue weighted by Crippen LogP contribution is 2.29. The molecule has 0 aromatic heterocycles. The average molecular weight is 190 g/mol. The molecule has 14 heavy (non-hydrogen) atoms. The van der Waals surface area contributed by atoms with Gasteiger partial charge in [0.1, 0.15) is 0 Å². The van der Waals surface area contributed by atoms with Gasteiger partial charge in [-0.3, -0.25) is 4.79 Å². The molecule has 1 aliphatic rings.